The molecule has 0 saturated heterocycles. The molecule has 0 fully saturated rings. The maximum atomic E-state index is 8.54. The summed E-state index contributed by atoms with van der Waals surface area (Å²) in [7, 11) is 0. The minimum absolute atomic E-state index is 0.122. The lowest BCUT2D eigenvalue weighted by Gasteiger charge is -1.95. The summed E-state index contributed by atoms with van der Waals surface area (Å²) in [6, 6.07) is 11.3. The lowest BCUT2D eigenvalue weighted by molar-refractivity contribution is 1.42. The van der Waals surface area contributed by atoms with Crippen molar-refractivity contribution in [1.82, 2.24) is 0 Å². The minimum Gasteiger partial charge on any atom is -0.192 e. The minimum atomic E-state index is 0.122. The fourth-order valence-corrected chi connectivity index (χ4v) is 1.33. The molecular weight excluding hydrogens is 240 g/mol. The van der Waals surface area contributed by atoms with E-state index in [-0.39, 0.29) is 5.57 Å². The zero-order valence-corrected chi connectivity index (χ0v) is 8.95. The van der Waals surface area contributed by atoms with Crippen LogP contribution in [0.15, 0.2) is 29.8 Å². The summed E-state index contributed by atoms with van der Waals surface area (Å²) in [5, 5.41) is 17.9. The Morgan fingerprint density at radius 2 is 1.79 bits per heavy atom. The molecule has 0 N–H and O–H groups in total. The van der Waals surface area contributed by atoms with E-state index >= 15 is 0 Å². The van der Waals surface area contributed by atoms with Crippen molar-refractivity contribution in [2.24, 2.45) is 0 Å². The number of nitrogens with zero attached hydrogens (tertiary/aromatic N) is 2. The largest absolute Gasteiger partial charge is 0.192 e. The number of hydrogen-bond acceptors (Lipinski definition) is 2. The molecule has 0 bridgehead atoms. The Balaban J connectivity index is 2.95. The normalized spacial score (nSPS) is 8.50. The number of alkyl halides is 1. The SMILES string of the molecule is N#CC(C#N)=Cc1ccc(CBr)cc1. The first-order valence-corrected chi connectivity index (χ1v) is 5.09. The summed E-state index contributed by atoms with van der Waals surface area (Å²) in [6.45, 7) is 0. The quantitative estimate of drug-likeness (QED) is 0.595. The molecule has 0 radical (unpaired) electrons. The van der Waals surface area contributed by atoms with Gasteiger partial charge in [0.05, 0.1) is 0 Å². The van der Waals surface area contributed by atoms with Crippen molar-refractivity contribution >= 4 is 22.0 Å². The molecule has 2 nitrogen and oxygen atoms in total. The zero-order chi connectivity index (χ0) is 10.4. The van der Waals surface area contributed by atoms with Gasteiger partial charge in [0.2, 0.25) is 0 Å². The van der Waals surface area contributed by atoms with E-state index in [0.29, 0.717) is 0 Å². The van der Waals surface area contributed by atoms with E-state index in [4.69, 9.17) is 10.5 Å². The molecule has 3 heteroatoms. The average Bonchev–Trinajstić information content (AvgIpc) is 2.26. The van der Waals surface area contributed by atoms with Crippen molar-refractivity contribution in [3.63, 3.8) is 0 Å². The van der Waals surface area contributed by atoms with Crippen LogP contribution in [0, 0.1) is 22.7 Å². The van der Waals surface area contributed by atoms with Crippen molar-refractivity contribution in [2.45, 2.75) is 5.33 Å². The van der Waals surface area contributed by atoms with Crippen LogP contribution in [0.5, 0.6) is 0 Å². The van der Waals surface area contributed by atoms with Gasteiger partial charge in [-0.15, -0.1) is 0 Å². The molecule has 0 saturated carbocycles. The molecule has 0 amide bonds. The first kappa shape index (κ1) is 10.5. The van der Waals surface area contributed by atoms with Crippen molar-refractivity contribution in [2.75, 3.05) is 0 Å². The molecule has 1 rings (SSSR count). The van der Waals surface area contributed by atoms with E-state index in [0.717, 1.165) is 16.5 Å². The molecule has 0 aliphatic carbocycles. The highest BCUT2D eigenvalue weighted by Gasteiger charge is 1.94. The van der Waals surface area contributed by atoms with Gasteiger partial charge in [-0.25, -0.2) is 0 Å². The molecule has 0 aromatic heterocycles. The van der Waals surface area contributed by atoms with E-state index in [9.17, 15) is 0 Å². The summed E-state index contributed by atoms with van der Waals surface area (Å²) in [5.41, 5.74) is 2.15. The third-order valence-electron chi connectivity index (χ3n) is 1.69. The highest BCUT2D eigenvalue weighted by molar-refractivity contribution is 9.08. The van der Waals surface area contributed by atoms with Gasteiger partial charge in [-0.1, -0.05) is 40.2 Å². The monoisotopic (exact) mass is 246 g/mol. The second-order valence-electron chi connectivity index (χ2n) is 2.66. The number of nitriles is 2. The Morgan fingerprint density at radius 3 is 2.21 bits per heavy atom. The van der Waals surface area contributed by atoms with E-state index in [1.54, 1.807) is 6.08 Å². The van der Waals surface area contributed by atoms with Gasteiger partial charge >= 0.3 is 0 Å². The first-order valence-electron chi connectivity index (χ1n) is 3.97. The number of benzene rings is 1. The number of rotatable bonds is 2. The molecule has 68 valence electrons. The Kier molecular flexibility index (Phi) is 3.91. The van der Waals surface area contributed by atoms with Gasteiger partial charge in [0.1, 0.15) is 17.7 Å². The molecule has 0 unspecified atom stereocenters. The zero-order valence-electron chi connectivity index (χ0n) is 7.37. The van der Waals surface area contributed by atoms with Gasteiger partial charge < -0.3 is 0 Å². The Labute approximate surface area is 91.2 Å². The van der Waals surface area contributed by atoms with Gasteiger partial charge in [-0.05, 0) is 17.2 Å². The molecule has 0 aliphatic rings. The Morgan fingerprint density at radius 1 is 1.21 bits per heavy atom. The highest BCUT2D eigenvalue weighted by Crippen LogP contribution is 2.10. The summed E-state index contributed by atoms with van der Waals surface area (Å²) < 4.78 is 0. The molecule has 1 aromatic rings. The lowest BCUT2D eigenvalue weighted by atomic mass is 10.1. The maximum absolute atomic E-state index is 8.54. The smallest absolute Gasteiger partial charge is 0.130 e. The van der Waals surface area contributed by atoms with Crippen LogP contribution in [-0.4, -0.2) is 0 Å². The van der Waals surface area contributed by atoms with Gasteiger partial charge in [0, 0.05) is 5.33 Å². The predicted octanol–water partition coefficient (Wildman–Crippen LogP) is 3.01. The maximum Gasteiger partial charge on any atom is 0.130 e. The molecule has 0 atom stereocenters. The molecule has 0 spiro atoms. The van der Waals surface area contributed by atoms with E-state index in [1.165, 1.54) is 0 Å². The fourth-order valence-electron chi connectivity index (χ4n) is 0.959. The van der Waals surface area contributed by atoms with Crippen molar-refractivity contribution in [3.05, 3.63) is 41.0 Å². The fraction of sp³-hybridized carbons (Fsp3) is 0.0909. The first-order chi connectivity index (χ1) is 6.80. The summed E-state index contributed by atoms with van der Waals surface area (Å²) >= 11 is 3.34. The molecule has 0 aliphatic heterocycles. The molecule has 0 heterocycles. The van der Waals surface area contributed by atoms with Crippen LogP contribution >= 0.6 is 15.9 Å². The second kappa shape index (κ2) is 5.21. The van der Waals surface area contributed by atoms with Crippen LogP contribution in [0.1, 0.15) is 11.1 Å². The topological polar surface area (TPSA) is 47.6 Å². The average molecular weight is 247 g/mol. The van der Waals surface area contributed by atoms with Crippen LogP contribution < -0.4 is 0 Å². The summed E-state index contributed by atoms with van der Waals surface area (Å²) in [4.78, 5) is 0. The number of hydrogen-bond donors (Lipinski definition) is 0. The van der Waals surface area contributed by atoms with Crippen LogP contribution in [0.3, 0.4) is 0 Å². The van der Waals surface area contributed by atoms with Gasteiger partial charge in [-0.3, -0.25) is 0 Å². The van der Waals surface area contributed by atoms with Crippen LogP contribution in [0.4, 0.5) is 0 Å². The van der Waals surface area contributed by atoms with Crippen molar-refractivity contribution < 1.29 is 0 Å². The van der Waals surface area contributed by atoms with Gasteiger partial charge in [0.25, 0.3) is 0 Å². The van der Waals surface area contributed by atoms with E-state index in [1.807, 2.05) is 36.4 Å². The van der Waals surface area contributed by atoms with E-state index < -0.39 is 0 Å². The second-order valence-corrected chi connectivity index (χ2v) is 3.22. The molecular formula is C11H7BrN2. The molecule has 14 heavy (non-hydrogen) atoms. The van der Waals surface area contributed by atoms with E-state index in [2.05, 4.69) is 15.9 Å². The number of allylic oxidation sites excluding steroid dienone is 1. The van der Waals surface area contributed by atoms with Crippen LogP contribution in [0.2, 0.25) is 0 Å². The molecule has 1 aromatic carbocycles. The Bertz CT molecular complexity index is 402. The summed E-state index contributed by atoms with van der Waals surface area (Å²) in [5.74, 6) is 0. The van der Waals surface area contributed by atoms with Crippen LogP contribution in [0.25, 0.3) is 6.08 Å². The van der Waals surface area contributed by atoms with Crippen molar-refractivity contribution in [3.8, 4) is 12.1 Å². The lowest BCUT2D eigenvalue weighted by Crippen LogP contribution is -1.79. The third-order valence-corrected chi connectivity index (χ3v) is 2.33. The highest BCUT2D eigenvalue weighted by atomic mass is 79.9. The van der Waals surface area contributed by atoms with Crippen molar-refractivity contribution in [1.29, 1.82) is 10.5 Å². The Hall–Kier alpha value is -1.58. The number of halogens is 1. The van der Waals surface area contributed by atoms with Gasteiger partial charge in [-0.2, -0.15) is 10.5 Å². The standard InChI is InChI=1S/C11H7BrN2/c12-6-10-3-1-9(2-4-10)5-11(7-13)8-14/h1-5H,6H2. The third kappa shape index (κ3) is 2.73. The van der Waals surface area contributed by atoms with Gasteiger partial charge in [0.15, 0.2) is 0 Å². The predicted molar refractivity (Wildman–Crippen MR) is 58.3 cm³/mol. The summed E-state index contributed by atoms with van der Waals surface area (Å²) in [6.07, 6.45) is 1.57. The van der Waals surface area contributed by atoms with Crippen LogP contribution in [-0.2, 0) is 5.33 Å².